The molecule has 0 fully saturated rings. The number of amides is 3. The second-order valence-electron chi connectivity index (χ2n) is 3.96. The standard InChI is InChI=1S/C13H17N3O4S/c1-4-14-13(19)16-10(17)8(2)20-12(18)9-6-5-7-15-11(9)21-3/h5-8H,4H2,1-3H3,(H2,14,16,17,19)/t8-/m1/s1. The third-order valence-corrected chi connectivity index (χ3v) is 3.12. The number of hydrogen-bond donors (Lipinski definition) is 2. The molecular formula is C13H17N3O4S. The number of urea groups is 1. The van der Waals surface area contributed by atoms with Crippen molar-refractivity contribution in [1.82, 2.24) is 15.6 Å². The smallest absolute Gasteiger partial charge is 0.341 e. The molecule has 1 aromatic rings. The Morgan fingerprint density at radius 2 is 2.14 bits per heavy atom. The number of nitrogens with one attached hydrogen (secondary N) is 2. The first-order chi connectivity index (χ1) is 9.99. The number of esters is 1. The van der Waals surface area contributed by atoms with Crippen LogP contribution in [0, 0.1) is 0 Å². The van der Waals surface area contributed by atoms with Gasteiger partial charge in [0.25, 0.3) is 5.91 Å². The highest BCUT2D eigenvalue weighted by Gasteiger charge is 2.22. The van der Waals surface area contributed by atoms with E-state index in [0.717, 1.165) is 0 Å². The molecule has 3 amide bonds. The number of aromatic nitrogens is 1. The van der Waals surface area contributed by atoms with Gasteiger partial charge in [0.05, 0.1) is 5.56 Å². The van der Waals surface area contributed by atoms with Crippen molar-refractivity contribution in [3.05, 3.63) is 23.9 Å². The summed E-state index contributed by atoms with van der Waals surface area (Å²) < 4.78 is 5.04. The minimum atomic E-state index is -1.09. The topological polar surface area (TPSA) is 97.4 Å². The fraction of sp³-hybridized carbons (Fsp3) is 0.385. The van der Waals surface area contributed by atoms with Gasteiger partial charge in [-0.2, -0.15) is 0 Å². The molecule has 1 heterocycles. The molecule has 0 aromatic carbocycles. The summed E-state index contributed by atoms with van der Waals surface area (Å²) in [4.78, 5) is 38.9. The van der Waals surface area contributed by atoms with Crippen LogP contribution in [0.1, 0.15) is 24.2 Å². The molecule has 7 nitrogen and oxygen atoms in total. The largest absolute Gasteiger partial charge is 0.449 e. The number of thioether (sulfide) groups is 1. The van der Waals surface area contributed by atoms with E-state index in [2.05, 4.69) is 15.6 Å². The number of rotatable bonds is 5. The molecule has 0 bridgehead atoms. The van der Waals surface area contributed by atoms with E-state index >= 15 is 0 Å². The Morgan fingerprint density at radius 1 is 1.43 bits per heavy atom. The lowest BCUT2D eigenvalue weighted by Gasteiger charge is -2.13. The summed E-state index contributed by atoms with van der Waals surface area (Å²) in [6.45, 7) is 3.50. The average Bonchev–Trinajstić information content (AvgIpc) is 2.47. The van der Waals surface area contributed by atoms with Crippen LogP contribution >= 0.6 is 11.8 Å². The minimum absolute atomic E-state index is 0.280. The van der Waals surface area contributed by atoms with Crippen LogP contribution in [0.5, 0.6) is 0 Å². The SMILES string of the molecule is CCNC(=O)NC(=O)[C@@H](C)OC(=O)c1cccnc1SC. The Balaban J connectivity index is 2.65. The van der Waals surface area contributed by atoms with Crippen molar-refractivity contribution >= 4 is 29.7 Å². The zero-order valence-corrected chi connectivity index (χ0v) is 12.8. The molecule has 0 aliphatic rings. The summed E-state index contributed by atoms with van der Waals surface area (Å²) in [7, 11) is 0. The number of pyridine rings is 1. The summed E-state index contributed by atoms with van der Waals surface area (Å²) in [6, 6.07) is 2.54. The van der Waals surface area contributed by atoms with Gasteiger partial charge in [-0.3, -0.25) is 10.1 Å². The fourth-order valence-electron chi connectivity index (χ4n) is 1.40. The maximum absolute atomic E-state index is 12.0. The lowest BCUT2D eigenvalue weighted by Crippen LogP contribution is -2.44. The highest BCUT2D eigenvalue weighted by atomic mass is 32.2. The molecule has 0 aliphatic carbocycles. The summed E-state index contributed by atoms with van der Waals surface area (Å²) in [6.07, 6.45) is 2.26. The van der Waals surface area contributed by atoms with Gasteiger partial charge in [-0.25, -0.2) is 14.6 Å². The number of imide groups is 1. The summed E-state index contributed by atoms with van der Waals surface area (Å²) >= 11 is 1.30. The van der Waals surface area contributed by atoms with Gasteiger partial charge in [0, 0.05) is 12.7 Å². The zero-order valence-electron chi connectivity index (χ0n) is 12.0. The maximum atomic E-state index is 12.0. The molecule has 1 aromatic heterocycles. The quantitative estimate of drug-likeness (QED) is 0.626. The van der Waals surface area contributed by atoms with Gasteiger partial charge in [-0.1, -0.05) is 0 Å². The Kier molecular flexibility index (Phi) is 6.67. The molecule has 0 radical (unpaired) electrons. The summed E-state index contributed by atoms with van der Waals surface area (Å²) in [5.41, 5.74) is 0.280. The van der Waals surface area contributed by atoms with Crippen LogP contribution in [-0.4, -0.2) is 41.8 Å². The highest BCUT2D eigenvalue weighted by Crippen LogP contribution is 2.18. The molecule has 114 valence electrons. The van der Waals surface area contributed by atoms with Crippen LogP contribution in [0.2, 0.25) is 0 Å². The van der Waals surface area contributed by atoms with Gasteiger partial charge in [-0.15, -0.1) is 11.8 Å². The van der Waals surface area contributed by atoms with Crippen molar-refractivity contribution in [2.75, 3.05) is 12.8 Å². The predicted molar refractivity (Wildman–Crippen MR) is 78.1 cm³/mol. The monoisotopic (exact) mass is 311 g/mol. The molecule has 0 saturated heterocycles. The molecule has 21 heavy (non-hydrogen) atoms. The van der Waals surface area contributed by atoms with E-state index in [4.69, 9.17) is 4.74 Å². The van der Waals surface area contributed by atoms with Crippen LogP contribution in [0.15, 0.2) is 23.4 Å². The normalized spacial score (nSPS) is 11.4. The number of hydrogen-bond acceptors (Lipinski definition) is 6. The Labute approximate surface area is 126 Å². The third-order valence-electron chi connectivity index (χ3n) is 2.41. The third kappa shape index (κ3) is 5.07. The molecule has 1 rings (SSSR count). The maximum Gasteiger partial charge on any atom is 0.341 e. The Bertz CT molecular complexity index is 536. The van der Waals surface area contributed by atoms with Gasteiger partial charge in [0.15, 0.2) is 6.10 Å². The van der Waals surface area contributed by atoms with Crippen molar-refractivity contribution in [3.8, 4) is 0 Å². The van der Waals surface area contributed by atoms with Gasteiger partial charge in [0.1, 0.15) is 5.03 Å². The fourth-order valence-corrected chi connectivity index (χ4v) is 1.94. The molecule has 1 atom stereocenters. The van der Waals surface area contributed by atoms with E-state index in [0.29, 0.717) is 11.6 Å². The lowest BCUT2D eigenvalue weighted by molar-refractivity contribution is -0.127. The van der Waals surface area contributed by atoms with Gasteiger partial charge in [0.2, 0.25) is 0 Å². The van der Waals surface area contributed by atoms with E-state index in [9.17, 15) is 14.4 Å². The first-order valence-corrected chi connectivity index (χ1v) is 7.50. The number of carbonyl (C=O) groups is 3. The number of nitrogens with zero attached hydrogens (tertiary/aromatic N) is 1. The second-order valence-corrected chi connectivity index (χ2v) is 4.75. The lowest BCUT2D eigenvalue weighted by atomic mass is 10.3. The Morgan fingerprint density at radius 3 is 2.76 bits per heavy atom. The van der Waals surface area contributed by atoms with Gasteiger partial charge >= 0.3 is 12.0 Å². The molecule has 0 saturated carbocycles. The molecule has 0 aliphatic heterocycles. The van der Waals surface area contributed by atoms with E-state index in [1.165, 1.54) is 18.7 Å². The molecule has 0 unspecified atom stereocenters. The van der Waals surface area contributed by atoms with Crippen molar-refractivity contribution < 1.29 is 19.1 Å². The zero-order chi connectivity index (χ0) is 15.8. The van der Waals surface area contributed by atoms with E-state index in [1.54, 1.807) is 31.5 Å². The molecule has 2 N–H and O–H groups in total. The first kappa shape index (κ1) is 17.0. The van der Waals surface area contributed by atoms with Crippen molar-refractivity contribution in [2.24, 2.45) is 0 Å². The second kappa shape index (κ2) is 8.25. The Hall–Kier alpha value is -2.09. The van der Waals surface area contributed by atoms with Gasteiger partial charge in [-0.05, 0) is 32.2 Å². The highest BCUT2D eigenvalue weighted by molar-refractivity contribution is 7.98. The van der Waals surface area contributed by atoms with Crippen LogP contribution in [-0.2, 0) is 9.53 Å². The molecule has 0 spiro atoms. The van der Waals surface area contributed by atoms with E-state index in [1.807, 2.05) is 0 Å². The van der Waals surface area contributed by atoms with Crippen molar-refractivity contribution in [3.63, 3.8) is 0 Å². The van der Waals surface area contributed by atoms with Crippen LogP contribution in [0.4, 0.5) is 4.79 Å². The average molecular weight is 311 g/mol. The first-order valence-electron chi connectivity index (χ1n) is 6.28. The van der Waals surface area contributed by atoms with E-state index in [-0.39, 0.29) is 5.56 Å². The molecule has 8 heteroatoms. The van der Waals surface area contributed by atoms with Crippen molar-refractivity contribution in [1.29, 1.82) is 0 Å². The minimum Gasteiger partial charge on any atom is -0.449 e. The number of carbonyl (C=O) groups excluding carboxylic acids is 3. The number of ether oxygens (including phenoxy) is 1. The van der Waals surface area contributed by atoms with Gasteiger partial charge < -0.3 is 10.1 Å². The predicted octanol–water partition coefficient (Wildman–Crippen LogP) is 1.19. The van der Waals surface area contributed by atoms with E-state index < -0.39 is 24.0 Å². The summed E-state index contributed by atoms with van der Waals surface area (Å²) in [5.74, 6) is -1.35. The van der Waals surface area contributed by atoms with Crippen LogP contribution < -0.4 is 10.6 Å². The van der Waals surface area contributed by atoms with Crippen LogP contribution in [0.25, 0.3) is 0 Å². The summed E-state index contributed by atoms with van der Waals surface area (Å²) in [5, 5.41) is 5.00. The molecular weight excluding hydrogens is 294 g/mol. The van der Waals surface area contributed by atoms with Crippen LogP contribution in [0.3, 0.4) is 0 Å². The van der Waals surface area contributed by atoms with Crippen molar-refractivity contribution in [2.45, 2.75) is 25.0 Å².